The first-order valence-electron chi connectivity index (χ1n) is 6.18. The lowest BCUT2D eigenvalue weighted by atomic mass is 10.1. The van der Waals surface area contributed by atoms with Crippen molar-refractivity contribution in [3.63, 3.8) is 0 Å². The Labute approximate surface area is 130 Å². The number of para-hydroxylation sites is 1. The highest BCUT2D eigenvalue weighted by Gasteiger charge is 2.19. The van der Waals surface area contributed by atoms with Gasteiger partial charge in [-0.2, -0.15) is 0 Å². The molecule has 1 saturated heterocycles. The SMILES string of the molecule is Cl.Cl.c1ccc2c(c1)CCN=C(SC1CCNC1)N2. The van der Waals surface area contributed by atoms with Crippen molar-refractivity contribution >= 4 is 47.4 Å². The van der Waals surface area contributed by atoms with Crippen molar-refractivity contribution in [1.29, 1.82) is 0 Å². The Morgan fingerprint density at radius 2 is 2.05 bits per heavy atom. The van der Waals surface area contributed by atoms with Crippen LogP contribution in [0.25, 0.3) is 0 Å². The minimum absolute atomic E-state index is 0. The zero-order valence-corrected chi connectivity index (χ0v) is 13.0. The summed E-state index contributed by atoms with van der Waals surface area (Å²) < 4.78 is 0. The van der Waals surface area contributed by atoms with E-state index < -0.39 is 0 Å². The normalized spacial score (nSPS) is 21.1. The van der Waals surface area contributed by atoms with Gasteiger partial charge in [-0.05, 0) is 31.0 Å². The molecule has 0 amide bonds. The van der Waals surface area contributed by atoms with Gasteiger partial charge in [-0.15, -0.1) is 24.8 Å². The summed E-state index contributed by atoms with van der Waals surface area (Å²) in [6.45, 7) is 3.14. The Morgan fingerprint density at radius 1 is 1.21 bits per heavy atom. The number of fused-ring (bicyclic) bond motifs is 1. The van der Waals surface area contributed by atoms with Gasteiger partial charge >= 0.3 is 0 Å². The van der Waals surface area contributed by atoms with E-state index >= 15 is 0 Å². The summed E-state index contributed by atoms with van der Waals surface area (Å²) in [6.07, 6.45) is 2.28. The summed E-state index contributed by atoms with van der Waals surface area (Å²) in [5.74, 6) is 0. The van der Waals surface area contributed by atoms with Gasteiger partial charge in [0.2, 0.25) is 0 Å². The molecule has 19 heavy (non-hydrogen) atoms. The molecular formula is C13H19Cl2N3S. The van der Waals surface area contributed by atoms with Gasteiger partial charge in [0, 0.05) is 24.0 Å². The number of thioether (sulfide) groups is 1. The molecule has 0 aliphatic carbocycles. The van der Waals surface area contributed by atoms with Crippen LogP contribution >= 0.6 is 36.6 Å². The topological polar surface area (TPSA) is 36.4 Å². The third-order valence-corrected chi connectivity index (χ3v) is 4.38. The average molecular weight is 320 g/mol. The van der Waals surface area contributed by atoms with Gasteiger partial charge in [0.25, 0.3) is 0 Å². The lowest BCUT2D eigenvalue weighted by Crippen LogP contribution is -2.16. The van der Waals surface area contributed by atoms with E-state index in [9.17, 15) is 0 Å². The van der Waals surface area contributed by atoms with Crippen LogP contribution in [0.5, 0.6) is 0 Å². The molecule has 2 aliphatic heterocycles. The molecular weight excluding hydrogens is 301 g/mol. The molecule has 0 bridgehead atoms. The molecule has 1 aromatic rings. The fourth-order valence-corrected chi connectivity index (χ4v) is 3.33. The van der Waals surface area contributed by atoms with Gasteiger partial charge in [0.1, 0.15) is 0 Å². The first kappa shape index (κ1) is 16.6. The van der Waals surface area contributed by atoms with Crippen LogP contribution in [-0.4, -0.2) is 30.1 Å². The van der Waals surface area contributed by atoms with Gasteiger partial charge in [-0.1, -0.05) is 30.0 Å². The molecule has 1 aromatic carbocycles. The van der Waals surface area contributed by atoms with E-state index in [4.69, 9.17) is 0 Å². The number of benzene rings is 1. The standard InChI is InChI=1S/C13H17N3S.2ClH/c1-2-4-12-10(3-1)5-8-15-13(16-12)17-11-6-7-14-9-11;;/h1-4,11,14H,5-9H2,(H,15,16);2*1H. The monoisotopic (exact) mass is 319 g/mol. The Hall–Kier alpha value is -0.420. The average Bonchev–Trinajstić information content (AvgIpc) is 2.76. The molecule has 3 nitrogen and oxygen atoms in total. The maximum absolute atomic E-state index is 4.64. The maximum atomic E-state index is 4.64. The van der Waals surface area contributed by atoms with E-state index in [0.717, 1.165) is 31.2 Å². The summed E-state index contributed by atoms with van der Waals surface area (Å²) >= 11 is 1.88. The molecule has 2 heterocycles. The number of rotatable bonds is 1. The lowest BCUT2D eigenvalue weighted by Gasteiger charge is -2.12. The van der Waals surface area contributed by atoms with E-state index in [0.29, 0.717) is 5.25 Å². The van der Waals surface area contributed by atoms with Crippen LogP contribution in [0.2, 0.25) is 0 Å². The minimum Gasteiger partial charge on any atom is -0.335 e. The molecule has 3 rings (SSSR count). The van der Waals surface area contributed by atoms with Crippen molar-refractivity contribution in [2.24, 2.45) is 4.99 Å². The molecule has 0 radical (unpaired) electrons. The Balaban J connectivity index is 0.000000902. The molecule has 6 heteroatoms. The van der Waals surface area contributed by atoms with Gasteiger partial charge in [0.05, 0.1) is 0 Å². The number of hydrogen-bond donors (Lipinski definition) is 2. The van der Waals surface area contributed by atoms with Crippen LogP contribution in [0.15, 0.2) is 29.3 Å². The fraction of sp³-hybridized carbons (Fsp3) is 0.462. The zero-order valence-electron chi connectivity index (χ0n) is 10.6. The second-order valence-corrected chi connectivity index (χ2v) is 5.74. The van der Waals surface area contributed by atoms with Crippen LogP contribution in [0.1, 0.15) is 12.0 Å². The summed E-state index contributed by atoms with van der Waals surface area (Å²) in [6, 6.07) is 8.50. The fourth-order valence-electron chi connectivity index (χ4n) is 2.25. The van der Waals surface area contributed by atoms with Crippen molar-refractivity contribution in [2.75, 3.05) is 25.0 Å². The molecule has 1 atom stereocenters. The highest BCUT2D eigenvalue weighted by atomic mass is 35.5. The summed E-state index contributed by atoms with van der Waals surface area (Å²) in [5, 5.41) is 8.62. The molecule has 0 aromatic heterocycles. The maximum Gasteiger partial charge on any atom is 0.161 e. The van der Waals surface area contributed by atoms with Crippen LogP contribution in [-0.2, 0) is 6.42 Å². The molecule has 106 valence electrons. The van der Waals surface area contributed by atoms with Crippen LogP contribution in [0.4, 0.5) is 5.69 Å². The lowest BCUT2D eigenvalue weighted by molar-refractivity contribution is 0.859. The van der Waals surface area contributed by atoms with Crippen LogP contribution in [0.3, 0.4) is 0 Å². The Bertz CT molecular complexity index is 434. The van der Waals surface area contributed by atoms with Gasteiger partial charge in [-0.3, -0.25) is 4.99 Å². The van der Waals surface area contributed by atoms with Crippen molar-refractivity contribution in [3.05, 3.63) is 29.8 Å². The molecule has 2 aliphatic rings. The Morgan fingerprint density at radius 3 is 2.84 bits per heavy atom. The van der Waals surface area contributed by atoms with Crippen molar-refractivity contribution in [1.82, 2.24) is 5.32 Å². The summed E-state index contributed by atoms with van der Waals surface area (Å²) in [7, 11) is 0. The quantitative estimate of drug-likeness (QED) is 0.835. The zero-order chi connectivity index (χ0) is 11.5. The second kappa shape index (κ2) is 8.00. The molecule has 0 saturated carbocycles. The van der Waals surface area contributed by atoms with Crippen molar-refractivity contribution in [3.8, 4) is 0 Å². The van der Waals surface area contributed by atoms with Crippen LogP contribution < -0.4 is 10.6 Å². The first-order chi connectivity index (χ1) is 8.42. The van der Waals surface area contributed by atoms with E-state index in [1.807, 2.05) is 11.8 Å². The van der Waals surface area contributed by atoms with Crippen LogP contribution in [0, 0.1) is 0 Å². The predicted octanol–water partition coefficient (Wildman–Crippen LogP) is 2.95. The molecule has 1 unspecified atom stereocenters. The number of nitrogens with zero attached hydrogens (tertiary/aromatic N) is 1. The third kappa shape index (κ3) is 4.28. The minimum atomic E-state index is 0. The highest BCUT2D eigenvalue weighted by Crippen LogP contribution is 2.24. The van der Waals surface area contributed by atoms with Gasteiger partial charge in [0.15, 0.2) is 5.17 Å². The first-order valence-corrected chi connectivity index (χ1v) is 7.06. The summed E-state index contributed by atoms with van der Waals surface area (Å²) in [5.41, 5.74) is 2.60. The molecule has 2 N–H and O–H groups in total. The van der Waals surface area contributed by atoms with E-state index in [1.54, 1.807) is 0 Å². The second-order valence-electron chi connectivity index (χ2n) is 4.45. The Kier molecular flexibility index (Phi) is 7.00. The molecule has 1 fully saturated rings. The summed E-state index contributed by atoms with van der Waals surface area (Å²) in [4.78, 5) is 4.64. The highest BCUT2D eigenvalue weighted by molar-refractivity contribution is 8.14. The number of hydrogen-bond acceptors (Lipinski definition) is 4. The number of amidine groups is 1. The van der Waals surface area contributed by atoms with Gasteiger partial charge < -0.3 is 10.6 Å². The largest absolute Gasteiger partial charge is 0.335 e. The van der Waals surface area contributed by atoms with E-state index in [1.165, 1.54) is 17.7 Å². The van der Waals surface area contributed by atoms with E-state index in [-0.39, 0.29) is 24.8 Å². The number of aliphatic imine (C=N–C) groups is 1. The van der Waals surface area contributed by atoms with Gasteiger partial charge in [-0.25, -0.2) is 0 Å². The smallest absolute Gasteiger partial charge is 0.161 e. The molecule has 0 spiro atoms. The predicted molar refractivity (Wildman–Crippen MR) is 89.4 cm³/mol. The number of anilines is 1. The number of halogens is 2. The van der Waals surface area contributed by atoms with Crippen molar-refractivity contribution < 1.29 is 0 Å². The van der Waals surface area contributed by atoms with E-state index in [2.05, 4.69) is 39.9 Å². The third-order valence-electron chi connectivity index (χ3n) is 3.19. The van der Waals surface area contributed by atoms with Crippen molar-refractivity contribution in [2.45, 2.75) is 18.1 Å². The number of nitrogens with one attached hydrogen (secondary N) is 2.